The fourth-order valence-corrected chi connectivity index (χ4v) is 5.66. The third-order valence-corrected chi connectivity index (χ3v) is 8.72. The van der Waals surface area contributed by atoms with Gasteiger partial charge in [-0.2, -0.15) is 0 Å². The quantitative estimate of drug-likeness (QED) is 0.0416. The Kier molecular flexibility index (Phi) is 36.5. The molecule has 0 saturated heterocycles. The summed E-state index contributed by atoms with van der Waals surface area (Å²) in [6.45, 7) is 4.11. The van der Waals surface area contributed by atoms with Crippen LogP contribution in [0.1, 0.15) is 206 Å². The average Bonchev–Trinajstić information content (AvgIpc) is 3.06. The van der Waals surface area contributed by atoms with Crippen LogP contribution in [0.3, 0.4) is 0 Å². The summed E-state index contributed by atoms with van der Waals surface area (Å²) in [6, 6.07) is 0. The number of carbonyl (C=O) groups is 2. The van der Waals surface area contributed by atoms with Gasteiger partial charge >= 0.3 is 11.9 Å². The Morgan fingerprint density at radius 2 is 0.804 bits per heavy atom. The first-order chi connectivity index (χ1) is 22.6. The Labute approximate surface area is 285 Å². The number of hydrogen-bond acceptors (Lipinski definition) is 5. The first-order valence-electron chi connectivity index (χ1n) is 19.9. The van der Waals surface area contributed by atoms with E-state index in [0.717, 1.165) is 44.9 Å². The van der Waals surface area contributed by atoms with E-state index in [1.165, 1.54) is 135 Å². The second kappa shape index (κ2) is 37.8. The second-order valence-corrected chi connectivity index (χ2v) is 13.4. The summed E-state index contributed by atoms with van der Waals surface area (Å²) in [5.41, 5.74) is 0. The van der Waals surface area contributed by atoms with Gasteiger partial charge in [-0.1, -0.05) is 154 Å². The van der Waals surface area contributed by atoms with Crippen molar-refractivity contribution in [2.75, 3.05) is 13.2 Å². The maximum absolute atomic E-state index is 12.1. The number of rotatable bonds is 36. The predicted molar refractivity (Wildman–Crippen MR) is 196 cm³/mol. The molecular weight excluding hydrogens is 572 g/mol. The predicted octanol–water partition coefficient (Wildman–Crippen LogP) is 12.3. The van der Waals surface area contributed by atoms with Crippen molar-refractivity contribution >= 4 is 11.9 Å². The molecule has 0 rings (SSSR count). The van der Waals surface area contributed by atoms with Crippen molar-refractivity contribution in [1.29, 1.82) is 0 Å². The van der Waals surface area contributed by atoms with E-state index in [4.69, 9.17) is 9.47 Å². The number of esters is 2. The fourth-order valence-electron chi connectivity index (χ4n) is 5.66. The van der Waals surface area contributed by atoms with Crippen LogP contribution in [0.5, 0.6) is 0 Å². The maximum Gasteiger partial charge on any atom is 0.306 e. The lowest BCUT2D eigenvalue weighted by atomic mass is 10.1. The van der Waals surface area contributed by atoms with Crippen LogP contribution in [0.4, 0.5) is 0 Å². The van der Waals surface area contributed by atoms with E-state index >= 15 is 0 Å². The van der Waals surface area contributed by atoms with Gasteiger partial charge in [0.15, 0.2) is 6.10 Å². The maximum atomic E-state index is 12.1. The van der Waals surface area contributed by atoms with Crippen molar-refractivity contribution in [3.63, 3.8) is 0 Å². The molecule has 0 aliphatic carbocycles. The molecule has 5 heteroatoms. The molecule has 1 unspecified atom stereocenters. The zero-order valence-corrected chi connectivity index (χ0v) is 30.6. The molecule has 0 aliphatic rings. The number of hydrogen-bond donors (Lipinski definition) is 1. The highest BCUT2D eigenvalue weighted by Crippen LogP contribution is 2.14. The molecule has 5 nitrogen and oxygen atoms in total. The molecule has 0 radical (unpaired) electrons. The molecule has 0 heterocycles. The van der Waals surface area contributed by atoms with Gasteiger partial charge in [-0.05, 0) is 64.2 Å². The molecule has 0 saturated carbocycles. The van der Waals surface area contributed by atoms with Crippen molar-refractivity contribution in [2.24, 2.45) is 0 Å². The highest BCUT2D eigenvalue weighted by Gasteiger charge is 2.16. The Balaban J connectivity index is 3.53. The van der Waals surface area contributed by atoms with Gasteiger partial charge in [0.2, 0.25) is 0 Å². The van der Waals surface area contributed by atoms with Gasteiger partial charge in [0.05, 0.1) is 6.61 Å². The molecule has 0 aliphatic heterocycles. The Morgan fingerprint density at radius 1 is 0.478 bits per heavy atom. The van der Waals surface area contributed by atoms with Crippen LogP contribution < -0.4 is 0 Å². The summed E-state index contributed by atoms with van der Waals surface area (Å²) >= 11 is 0. The molecule has 46 heavy (non-hydrogen) atoms. The molecule has 0 bridgehead atoms. The number of aliphatic hydroxyl groups excluding tert-OH is 1. The molecule has 0 aromatic rings. The van der Waals surface area contributed by atoms with Gasteiger partial charge in [0.25, 0.3) is 0 Å². The van der Waals surface area contributed by atoms with E-state index in [-0.39, 0.29) is 25.2 Å². The first kappa shape index (κ1) is 44.4. The zero-order chi connectivity index (χ0) is 33.6. The summed E-state index contributed by atoms with van der Waals surface area (Å²) < 4.78 is 10.6. The average molecular weight is 649 g/mol. The molecule has 0 amide bonds. The molecule has 0 spiro atoms. The van der Waals surface area contributed by atoms with Crippen molar-refractivity contribution in [1.82, 2.24) is 0 Å². The lowest BCUT2D eigenvalue weighted by Gasteiger charge is -2.15. The van der Waals surface area contributed by atoms with Crippen LogP contribution in [0, 0.1) is 0 Å². The first-order valence-corrected chi connectivity index (χ1v) is 19.9. The van der Waals surface area contributed by atoms with Crippen LogP contribution in [-0.2, 0) is 19.1 Å². The summed E-state index contributed by atoms with van der Waals surface area (Å²) in [4.78, 5) is 24.2. The number of ether oxygens (including phenoxy) is 2. The highest BCUT2D eigenvalue weighted by atomic mass is 16.6. The van der Waals surface area contributed by atoms with E-state index in [2.05, 4.69) is 38.2 Å². The van der Waals surface area contributed by atoms with E-state index < -0.39 is 6.10 Å². The van der Waals surface area contributed by atoms with Crippen molar-refractivity contribution in [3.8, 4) is 0 Å². The second-order valence-electron chi connectivity index (χ2n) is 13.4. The molecule has 0 aromatic carbocycles. The Bertz CT molecular complexity index is 701. The zero-order valence-electron chi connectivity index (χ0n) is 30.6. The Morgan fingerprint density at radius 3 is 1.20 bits per heavy atom. The van der Waals surface area contributed by atoms with Gasteiger partial charge in [-0.25, -0.2) is 0 Å². The normalized spacial score (nSPS) is 12.3. The molecule has 0 fully saturated rings. The van der Waals surface area contributed by atoms with Gasteiger partial charge in [0.1, 0.15) is 6.61 Å². The molecular formula is C41H76O5. The topological polar surface area (TPSA) is 72.8 Å². The molecule has 1 atom stereocenters. The number of allylic oxidation sites excluding steroid dienone is 4. The Hall–Kier alpha value is -1.62. The number of unbranched alkanes of at least 4 members (excludes halogenated alkanes) is 24. The minimum atomic E-state index is -0.772. The largest absolute Gasteiger partial charge is 0.462 e. The molecule has 1 N–H and O–H groups in total. The lowest BCUT2D eigenvalue weighted by Crippen LogP contribution is -2.28. The van der Waals surface area contributed by atoms with Gasteiger partial charge in [0, 0.05) is 12.8 Å². The summed E-state index contributed by atoms with van der Waals surface area (Å²) in [7, 11) is 0. The fraction of sp³-hybridized carbons (Fsp3) is 0.854. The number of carbonyl (C=O) groups excluding carboxylic acids is 2. The monoisotopic (exact) mass is 649 g/mol. The van der Waals surface area contributed by atoms with Crippen molar-refractivity contribution < 1.29 is 24.2 Å². The van der Waals surface area contributed by atoms with E-state index in [1.54, 1.807) is 0 Å². The summed E-state index contributed by atoms with van der Waals surface area (Å²) in [5.74, 6) is -0.599. The molecule has 0 aromatic heterocycles. The number of aliphatic hydroxyl groups is 1. The third kappa shape index (κ3) is 35.2. The smallest absolute Gasteiger partial charge is 0.306 e. The van der Waals surface area contributed by atoms with Gasteiger partial charge < -0.3 is 14.6 Å². The minimum absolute atomic E-state index is 0.0673. The van der Waals surface area contributed by atoms with Crippen LogP contribution in [0.2, 0.25) is 0 Å². The summed E-state index contributed by atoms with van der Waals surface area (Å²) in [6.07, 6.45) is 43.8. The van der Waals surface area contributed by atoms with Gasteiger partial charge in [-0.15, -0.1) is 0 Å². The van der Waals surface area contributed by atoms with Crippen molar-refractivity contribution in [2.45, 2.75) is 213 Å². The van der Waals surface area contributed by atoms with E-state index in [1.807, 2.05) is 0 Å². The minimum Gasteiger partial charge on any atom is -0.462 e. The SMILES string of the molecule is CCCCCCC=CCCCCCCCC(=O)OC(CO)COC(=O)CCCCCCCCCCCC=CCCCCCCCC. The van der Waals surface area contributed by atoms with Crippen LogP contribution >= 0.6 is 0 Å². The lowest BCUT2D eigenvalue weighted by molar-refractivity contribution is -0.161. The van der Waals surface area contributed by atoms with E-state index in [9.17, 15) is 14.7 Å². The van der Waals surface area contributed by atoms with Crippen LogP contribution in [-0.4, -0.2) is 36.4 Å². The van der Waals surface area contributed by atoms with Gasteiger partial charge in [-0.3, -0.25) is 9.59 Å². The van der Waals surface area contributed by atoms with Crippen LogP contribution in [0.15, 0.2) is 24.3 Å². The van der Waals surface area contributed by atoms with Crippen LogP contribution in [0.25, 0.3) is 0 Å². The van der Waals surface area contributed by atoms with E-state index in [0.29, 0.717) is 12.8 Å². The summed E-state index contributed by atoms with van der Waals surface area (Å²) in [5, 5.41) is 9.54. The molecule has 270 valence electrons. The standard InChI is InChI=1S/C41H76O5/c1-3-5-7-9-11-13-15-17-18-19-20-21-22-24-25-27-29-31-33-35-40(43)45-38-39(37-42)46-41(44)36-34-32-30-28-26-23-16-14-12-10-8-6-4-2/h14,16-18,39,42H,3-13,15,19-38H2,1-2H3. The highest BCUT2D eigenvalue weighted by molar-refractivity contribution is 5.70. The van der Waals surface area contributed by atoms with Crippen molar-refractivity contribution in [3.05, 3.63) is 24.3 Å². The third-order valence-electron chi connectivity index (χ3n) is 8.72.